The normalized spacial score (nSPS) is 13.7. The van der Waals surface area contributed by atoms with Crippen molar-refractivity contribution in [2.45, 2.75) is 354 Å². The van der Waals surface area contributed by atoms with Crippen molar-refractivity contribution in [2.24, 2.45) is 0 Å². The Labute approximate surface area is 581 Å². The second kappa shape index (κ2) is 73.7. The Morgan fingerprint density at radius 1 is 0.340 bits per heavy atom. The SMILES string of the molecule is CC/C=C\C/C=C\C/C=C\C/C=C\C/C=C\C/C=C\C/C=C\C/C=C\C/C=C\C/C=C\CCCCCCCCCCC(=O)OC(COC(=O)CCCCCCCCCCCCCCCCCCCCCCCCCCCCCCCCC)COP(=O)([O-])OCC[N+](C)(C)C. The van der Waals surface area contributed by atoms with Crippen LogP contribution in [0.3, 0.4) is 0 Å². The number of likely N-dealkylation sites (N-methyl/N-ethyl adjacent to an activating group) is 1. The highest BCUT2D eigenvalue weighted by Gasteiger charge is 2.22. The van der Waals surface area contributed by atoms with Crippen molar-refractivity contribution in [1.29, 1.82) is 0 Å². The Hall–Kier alpha value is -3.59. The molecule has 0 rings (SSSR count). The number of ether oxygens (including phenoxy) is 2. The lowest BCUT2D eigenvalue weighted by Crippen LogP contribution is -2.37. The summed E-state index contributed by atoms with van der Waals surface area (Å²) < 4.78 is 34.4. The number of carbonyl (C=O) groups is 2. The van der Waals surface area contributed by atoms with Gasteiger partial charge in [0.1, 0.15) is 19.8 Å². The zero-order chi connectivity index (χ0) is 68.3. The molecule has 0 aromatic carbocycles. The highest BCUT2D eigenvalue weighted by molar-refractivity contribution is 7.45. The molecule has 0 aromatic rings. The lowest BCUT2D eigenvalue weighted by atomic mass is 10.0. The number of allylic oxidation sites excluding steroid dienone is 20. The molecule has 0 fully saturated rings. The van der Waals surface area contributed by atoms with Crippen LogP contribution in [0.4, 0.5) is 0 Å². The fourth-order valence-corrected chi connectivity index (χ4v) is 11.8. The predicted octanol–water partition coefficient (Wildman–Crippen LogP) is 25.5. The van der Waals surface area contributed by atoms with Gasteiger partial charge in [0.05, 0.1) is 27.7 Å². The first-order chi connectivity index (χ1) is 46.0. The molecule has 0 N–H and O–H groups in total. The number of quaternary nitrogens is 1. The smallest absolute Gasteiger partial charge is 0.306 e. The van der Waals surface area contributed by atoms with E-state index >= 15 is 0 Å². The molecule has 0 aliphatic heterocycles. The van der Waals surface area contributed by atoms with Gasteiger partial charge in [-0.05, 0) is 89.9 Å². The molecule has 0 spiro atoms. The van der Waals surface area contributed by atoms with Gasteiger partial charge < -0.3 is 27.9 Å². The summed E-state index contributed by atoms with van der Waals surface area (Å²) in [5.41, 5.74) is 0. The molecule has 0 saturated carbocycles. The minimum absolute atomic E-state index is 0.0361. The molecule has 542 valence electrons. The van der Waals surface area contributed by atoms with Crippen LogP contribution in [0, 0.1) is 0 Å². The Morgan fingerprint density at radius 3 is 0.904 bits per heavy atom. The molecule has 2 unspecified atom stereocenters. The van der Waals surface area contributed by atoms with Crippen molar-refractivity contribution in [3.8, 4) is 0 Å². The number of carbonyl (C=O) groups excluding carboxylic acids is 2. The van der Waals surface area contributed by atoms with Crippen molar-refractivity contribution in [3.63, 3.8) is 0 Å². The quantitative estimate of drug-likeness (QED) is 0.0195. The van der Waals surface area contributed by atoms with E-state index < -0.39 is 26.5 Å². The topological polar surface area (TPSA) is 111 Å². The van der Waals surface area contributed by atoms with E-state index in [1.165, 1.54) is 205 Å². The van der Waals surface area contributed by atoms with Crippen LogP contribution >= 0.6 is 7.82 Å². The molecule has 94 heavy (non-hydrogen) atoms. The predicted molar refractivity (Wildman–Crippen MR) is 406 cm³/mol. The number of hydrogen-bond acceptors (Lipinski definition) is 8. The molecular weight excluding hydrogens is 1180 g/mol. The van der Waals surface area contributed by atoms with Gasteiger partial charge in [-0.3, -0.25) is 14.2 Å². The third kappa shape index (κ3) is 77.4. The minimum Gasteiger partial charge on any atom is -0.756 e. The van der Waals surface area contributed by atoms with Gasteiger partial charge in [0, 0.05) is 12.8 Å². The summed E-state index contributed by atoms with van der Waals surface area (Å²) in [6, 6.07) is 0. The molecule has 0 aliphatic rings. The van der Waals surface area contributed by atoms with Crippen LogP contribution < -0.4 is 4.89 Å². The molecule has 0 amide bonds. The Bertz CT molecular complexity index is 2010. The number of phosphoric ester groups is 1. The second-order valence-electron chi connectivity index (χ2n) is 27.4. The minimum atomic E-state index is -4.65. The summed E-state index contributed by atoms with van der Waals surface area (Å²) in [6.45, 7) is 4.16. The fourth-order valence-electron chi connectivity index (χ4n) is 11.0. The number of phosphoric acid groups is 1. The van der Waals surface area contributed by atoms with E-state index in [0.29, 0.717) is 17.4 Å². The van der Waals surface area contributed by atoms with Crippen molar-refractivity contribution in [2.75, 3.05) is 47.5 Å². The van der Waals surface area contributed by atoms with Gasteiger partial charge in [0.25, 0.3) is 7.82 Å². The van der Waals surface area contributed by atoms with Crippen LogP contribution in [-0.4, -0.2) is 70.0 Å². The van der Waals surface area contributed by atoms with Crippen LogP contribution in [0.1, 0.15) is 348 Å². The molecule has 0 bridgehead atoms. The Morgan fingerprint density at radius 2 is 0.606 bits per heavy atom. The van der Waals surface area contributed by atoms with Gasteiger partial charge in [0.2, 0.25) is 0 Å². The fraction of sp³-hybridized carbons (Fsp3) is 0.738. The summed E-state index contributed by atoms with van der Waals surface area (Å²) in [6.07, 6.45) is 106. The number of esters is 2. The van der Waals surface area contributed by atoms with Crippen molar-refractivity contribution >= 4 is 19.8 Å². The monoisotopic (exact) mass is 1330 g/mol. The van der Waals surface area contributed by atoms with Crippen LogP contribution in [-0.2, 0) is 32.7 Å². The number of unbranched alkanes of at least 4 members (excludes halogenated alkanes) is 38. The highest BCUT2D eigenvalue weighted by Crippen LogP contribution is 2.38. The van der Waals surface area contributed by atoms with Gasteiger partial charge in [0.15, 0.2) is 6.10 Å². The van der Waals surface area contributed by atoms with E-state index in [0.717, 1.165) is 109 Å². The molecule has 2 atom stereocenters. The third-order valence-corrected chi connectivity index (χ3v) is 18.0. The van der Waals surface area contributed by atoms with Gasteiger partial charge in [-0.25, -0.2) is 0 Å². The molecule has 10 heteroatoms. The van der Waals surface area contributed by atoms with E-state index in [1.54, 1.807) is 0 Å². The van der Waals surface area contributed by atoms with E-state index in [9.17, 15) is 19.0 Å². The lowest BCUT2D eigenvalue weighted by molar-refractivity contribution is -0.870. The number of rotatable bonds is 72. The number of nitrogens with zero attached hydrogens (tertiary/aromatic N) is 1. The first-order valence-corrected chi connectivity index (χ1v) is 40.7. The molecule has 0 radical (unpaired) electrons. The highest BCUT2D eigenvalue weighted by atomic mass is 31.2. The maximum atomic E-state index is 12.9. The van der Waals surface area contributed by atoms with Crippen molar-refractivity contribution in [1.82, 2.24) is 0 Å². The molecule has 9 nitrogen and oxygen atoms in total. The average molecular weight is 1330 g/mol. The third-order valence-electron chi connectivity index (χ3n) is 17.0. The first kappa shape index (κ1) is 90.4. The maximum Gasteiger partial charge on any atom is 0.306 e. The van der Waals surface area contributed by atoms with Crippen LogP contribution in [0.25, 0.3) is 0 Å². The van der Waals surface area contributed by atoms with Crippen LogP contribution in [0.2, 0.25) is 0 Å². The van der Waals surface area contributed by atoms with Gasteiger partial charge in [-0.2, -0.15) is 0 Å². The molecule has 0 saturated heterocycles. The van der Waals surface area contributed by atoms with Gasteiger partial charge in [-0.15, -0.1) is 0 Å². The van der Waals surface area contributed by atoms with E-state index in [2.05, 4.69) is 135 Å². The average Bonchev–Trinajstić information content (AvgIpc) is 1.56. The molecule has 0 aromatic heterocycles. The van der Waals surface area contributed by atoms with Crippen LogP contribution in [0.5, 0.6) is 0 Å². The van der Waals surface area contributed by atoms with E-state index in [-0.39, 0.29) is 32.0 Å². The van der Waals surface area contributed by atoms with E-state index in [1.807, 2.05) is 21.1 Å². The standard InChI is InChI=1S/C84H148NO8P/c1-6-8-10-12-14-16-18-20-22-24-26-28-30-32-34-36-38-39-40-41-42-43-44-45-47-49-51-53-55-57-59-61-63-65-67-69-71-73-75-77-84(87)93-82(81-92-94(88,89)91-79-78-85(3,4)5)80-90-83(86)76-74-72-70-68-66-64-62-60-58-56-54-52-50-48-46-37-35-33-31-29-27-25-23-21-19-17-15-13-11-9-7-2/h8,10,14,16,20,22,26,28,32,34,38-39,41-42,44-45,49,51,55,57,82H,6-7,9,11-13,15,17-19,21,23-25,27,29-31,33,35-37,40,43,46-48,50,52-54,56,58-81H2,1-5H3/b10-8-,16-14-,22-20-,28-26-,34-32-,39-38-,42-41-,45-44-,51-49-,57-55-. The summed E-state index contributed by atoms with van der Waals surface area (Å²) >= 11 is 0. The van der Waals surface area contributed by atoms with Gasteiger partial charge in [-0.1, -0.05) is 367 Å². The maximum absolute atomic E-state index is 12.9. The van der Waals surface area contributed by atoms with E-state index in [4.69, 9.17) is 18.5 Å². The summed E-state index contributed by atoms with van der Waals surface area (Å²) in [7, 11) is 1.16. The zero-order valence-corrected chi connectivity index (χ0v) is 62.8. The van der Waals surface area contributed by atoms with Crippen molar-refractivity contribution in [3.05, 3.63) is 122 Å². The summed E-state index contributed by atoms with van der Waals surface area (Å²) in [5.74, 6) is -0.835. The molecule has 0 heterocycles. The Kier molecular flexibility index (Phi) is 70.8. The van der Waals surface area contributed by atoms with Crippen LogP contribution in [0.15, 0.2) is 122 Å². The second-order valence-corrected chi connectivity index (χ2v) is 28.8. The van der Waals surface area contributed by atoms with Gasteiger partial charge >= 0.3 is 11.9 Å². The largest absolute Gasteiger partial charge is 0.756 e. The lowest BCUT2D eigenvalue weighted by Gasteiger charge is -2.28. The Balaban J connectivity index is 4.04. The first-order valence-electron chi connectivity index (χ1n) is 39.2. The van der Waals surface area contributed by atoms with Crippen molar-refractivity contribution < 1.29 is 42.1 Å². The molecule has 0 aliphatic carbocycles. The zero-order valence-electron chi connectivity index (χ0n) is 61.9. The molecular formula is C84H148NO8P. The summed E-state index contributed by atoms with van der Waals surface area (Å²) in [4.78, 5) is 38.2. The summed E-state index contributed by atoms with van der Waals surface area (Å²) in [5, 5.41) is 0. The number of hydrogen-bond donors (Lipinski definition) is 0.